The lowest BCUT2D eigenvalue weighted by atomic mass is 9.93. The molecule has 1 atom stereocenters. The number of para-hydroxylation sites is 2. The molecule has 3 aromatic rings. The molecular weight excluding hydrogens is 402 g/mol. The van der Waals surface area contributed by atoms with E-state index in [0.29, 0.717) is 17.4 Å². The van der Waals surface area contributed by atoms with Gasteiger partial charge in [-0.2, -0.15) is 0 Å². The Morgan fingerprint density at radius 2 is 1.75 bits per heavy atom. The molecule has 0 aliphatic carbocycles. The van der Waals surface area contributed by atoms with Crippen LogP contribution in [-0.4, -0.2) is 46.2 Å². The summed E-state index contributed by atoms with van der Waals surface area (Å²) in [4.78, 5) is 19.5. The molecule has 32 heavy (non-hydrogen) atoms. The third-order valence-electron chi connectivity index (χ3n) is 6.56. The second kappa shape index (κ2) is 9.07. The maximum atomic E-state index is 13.0. The largest absolute Gasteiger partial charge is 0.485 e. The molecule has 6 nitrogen and oxygen atoms in total. The van der Waals surface area contributed by atoms with Crippen molar-refractivity contribution in [2.45, 2.75) is 38.8 Å². The first-order chi connectivity index (χ1) is 15.7. The van der Waals surface area contributed by atoms with E-state index >= 15 is 0 Å². The predicted molar refractivity (Wildman–Crippen MR) is 123 cm³/mol. The molecule has 0 bridgehead atoms. The number of carbonyl (C=O) groups excluding carboxylic acids is 1. The van der Waals surface area contributed by atoms with Crippen LogP contribution in [0.2, 0.25) is 0 Å². The molecule has 5 rings (SSSR count). The standard InChI is InChI=1S/C26H29N3O3/c1-19-17-27-25(21-7-3-2-4-8-21)29(19)16-13-20-11-14-28(15-12-20)26(30)24-18-31-22-9-5-6-10-23(22)32-24/h2-10,17,20,24H,11-16,18H2,1H3. The van der Waals surface area contributed by atoms with Crippen LogP contribution in [0.3, 0.4) is 0 Å². The van der Waals surface area contributed by atoms with Gasteiger partial charge in [-0.1, -0.05) is 42.5 Å². The van der Waals surface area contributed by atoms with Crippen molar-refractivity contribution in [2.75, 3.05) is 19.7 Å². The second-order valence-electron chi connectivity index (χ2n) is 8.66. The summed E-state index contributed by atoms with van der Waals surface area (Å²) in [6, 6.07) is 17.9. The Balaban J connectivity index is 1.15. The van der Waals surface area contributed by atoms with Gasteiger partial charge in [0.25, 0.3) is 5.91 Å². The second-order valence-corrected chi connectivity index (χ2v) is 8.66. The Labute approximate surface area is 188 Å². The average molecular weight is 432 g/mol. The minimum Gasteiger partial charge on any atom is -0.485 e. The third kappa shape index (κ3) is 4.22. The zero-order chi connectivity index (χ0) is 21.9. The Morgan fingerprint density at radius 3 is 2.53 bits per heavy atom. The van der Waals surface area contributed by atoms with Crippen molar-refractivity contribution in [1.29, 1.82) is 0 Å². The topological polar surface area (TPSA) is 56.6 Å². The third-order valence-corrected chi connectivity index (χ3v) is 6.56. The number of aromatic nitrogens is 2. The lowest BCUT2D eigenvalue weighted by molar-refractivity contribution is -0.142. The van der Waals surface area contributed by atoms with Gasteiger partial charge in [0.2, 0.25) is 6.10 Å². The molecule has 2 aromatic carbocycles. The molecule has 6 heteroatoms. The summed E-state index contributed by atoms with van der Waals surface area (Å²) in [5.41, 5.74) is 2.34. The molecule has 166 valence electrons. The number of nitrogens with zero attached hydrogens (tertiary/aromatic N) is 3. The first kappa shape index (κ1) is 20.6. The van der Waals surface area contributed by atoms with E-state index < -0.39 is 6.10 Å². The van der Waals surface area contributed by atoms with Crippen LogP contribution < -0.4 is 9.47 Å². The highest BCUT2D eigenvalue weighted by molar-refractivity contribution is 5.82. The Hall–Kier alpha value is -3.28. The average Bonchev–Trinajstić information content (AvgIpc) is 3.23. The summed E-state index contributed by atoms with van der Waals surface area (Å²) < 4.78 is 14.0. The van der Waals surface area contributed by atoms with Crippen LogP contribution in [0.1, 0.15) is 25.0 Å². The summed E-state index contributed by atoms with van der Waals surface area (Å²) in [6.45, 7) is 4.90. The number of hydrogen-bond donors (Lipinski definition) is 0. The highest BCUT2D eigenvalue weighted by Gasteiger charge is 2.33. The lowest BCUT2D eigenvalue weighted by Gasteiger charge is -2.35. The van der Waals surface area contributed by atoms with Gasteiger partial charge in [-0.05, 0) is 44.2 Å². The van der Waals surface area contributed by atoms with Crippen molar-refractivity contribution < 1.29 is 14.3 Å². The summed E-state index contributed by atoms with van der Waals surface area (Å²) in [7, 11) is 0. The molecule has 1 amide bonds. The van der Waals surface area contributed by atoms with Crippen LogP contribution in [0.5, 0.6) is 11.5 Å². The van der Waals surface area contributed by atoms with E-state index in [-0.39, 0.29) is 12.5 Å². The molecule has 2 aliphatic rings. The van der Waals surface area contributed by atoms with Gasteiger partial charge in [-0.15, -0.1) is 0 Å². The van der Waals surface area contributed by atoms with Crippen molar-refractivity contribution in [3.63, 3.8) is 0 Å². The van der Waals surface area contributed by atoms with Crippen LogP contribution in [0.25, 0.3) is 11.4 Å². The van der Waals surface area contributed by atoms with Crippen LogP contribution in [0, 0.1) is 12.8 Å². The van der Waals surface area contributed by atoms with Gasteiger partial charge in [0.15, 0.2) is 11.5 Å². The number of imidazole rings is 1. The monoisotopic (exact) mass is 431 g/mol. The molecule has 0 spiro atoms. The number of ether oxygens (including phenoxy) is 2. The van der Waals surface area contributed by atoms with E-state index in [1.165, 1.54) is 5.69 Å². The molecule has 3 heterocycles. The number of fused-ring (bicyclic) bond motifs is 1. The molecule has 1 aromatic heterocycles. The Morgan fingerprint density at radius 1 is 1.03 bits per heavy atom. The highest BCUT2D eigenvalue weighted by atomic mass is 16.6. The number of rotatable bonds is 5. The molecule has 1 unspecified atom stereocenters. The van der Waals surface area contributed by atoms with Crippen LogP contribution >= 0.6 is 0 Å². The van der Waals surface area contributed by atoms with Crippen LogP contribution in [-0.2, 0) is 11.3 Å². The van der Waals surface area contributed by atoms with Gasteiger partial charge in [-0.25, -0.2) is 4.98 Å². The number of carbonyl (C=O) groups is 1. The molecule has 2 aliphatic heterocycles. The van der Waals surface area contributed by atoms with Crippen molar-refractivity contribution in [2.24, 2.45) is 5.92 Å². The predicted octanol–water partition coefficient (Wildman–Crippen LogP) is 4.33. The van der Waals surface area contributed by atoms with Gasteiger partial charge < -0.3 is 18.9 Å². The minimum atomic E-state index is -0.552. The van der Waals surface area contributed by atoms with E-state index in [1.807, 2.05) is 41.4 Å². The summed E-state index contributed by atoms with van der Waals surface area (Å²) in [6.07, 6.45) is 4.53. The maximum Gasteiger partial charge on any atom is 0.267 e. The fourth-order valence-corrected chi connectivity index (χ4v) is 4.66. The van der Waals surface area contributed by atoms with Gasteiger partial charge in [0.1, 0.15) is 12.4 Å². The Bertz CT molecular complexity index is 1070. The summed E-state index contributed by atoms with van der Waals surface area (Å²) >= 11 is 0. The summed E-state index contributed by atoms with van der Waals surface area (Å²) in [5, 5.41) is 0. The molecule has 1 saturated heterocycles. The van der Waals surface area contributed by atoms with Gasteiger partial charge in [-0.3, -0.25) is 4.79 Å². The van der Waals surface area contributed by atoms with Gasteiger partial charge >= 0.3 is 0 Å². The molecule has 0 N–H and O–H groups in total. The van der Waals surface area contributed by atoms with Gasteiger partial charge in [0.05, 0.1) is 0 Å². The van der Waals surface area contributed by atoms with E-state index in [1.54, 1.807) is 0 Å². The molecular formula is C26H29N3O3. The number of aryl methyl sites for hydroxylation is 1. The van der Waals surface area contributed by atoms with E-state index in [2.05, 4.69) is 40.7 Å². The highest BCUT2D eigenvalue weighted by Crippen LogP contribution is 2.32. The normalized spacial score (nSPS) is 18.5. The Kier molecular flexibility index (Phi) is 5.84. The van der Waals surface area contributed by atoms with Crippen molar-refractivity contribution in [3.05, 3.63) is 66.5 Å². The maximum absolute atomic E-state index is 13.0. The zero-order valence-electron chi connectivity index (χ0n) is 18.4. The number of amides is 1. The van der Waals surface area contributed by atoms with Crippen molar-refractivity contribution in [3.8, 4) is 22.9 Å². The van der Waals surface area contributed by atoms with E-state index in [0.717, 1.165) is 50.3 Å². The van der Waals surface area contributed by atoms with Crippen LogP contribution in [0.4, 0.5) is 0 Å². The number of hydrogen-bond acceptors (Lipinski definition) is 4. The van der Waals surface area contributed by atoms with Crippen molar-refractivity contribution >= 4 is 5.91 Å². The number of likely N-dealkylation sites (tertiary alicyclic amines) is 1. The zero-order valence-corrected chi connectivity index (χ0v) is 18.4. The first-order valence-electron chi connectivity index (χ1n) is 11.4. The SMILES string of the molecule is Cc1cnc(-c2ccccc2)n1CCC1CCN(C(=O)C2COc3ccccc3O2)CC1. The van der Waals surface area contributed by atoms with Crippen LogP contribution in [0.15, 0.2) is 60.8 Å². The number of benzene rings is 2. The molecule has 1 fully saturated rings. The van der Waals surface area contributed by atoms with Crippen molar-refractivity contribution in [1.82, 2.24) is 14.5 Å². The van der Waals surface area contributed by atoms with E-state index in [4.69, 9.17) is 9.47 Å². The fourth-order valence-electron chi connectivity index (χ4n) is 4.66. The molecule has 0 saturated carbocycles. The first-order valence-corrected chi connectivity index (χ1v) is 11.4. The fraction of sp³-hybridized carbons (Fsp3) is 0.385. The van der Waals surface area contributed by atoms with E-state index in [9.17, 15) is 4.79 Å². The minimum absolute atomic E-state index is 0.0368. The molecule has 0 radical (unpaired) electrons. The number of piperidine rings is 1. The summed E-state index contributed by atoms with van der Waals surface area (Å²) in [5.74, 6) is 3.03. The smallest absolute Gasteiger partial charge is 0.267 e. The van der Waals surface area contributed by atoms with Gasteiger partial charge in [0, 0.05) is 37.1 Å². The quantitative estimate of drug-likeness (QED) is 0.604. The lowest BCUT2D eigenvalue weighted by Crippen LogP contribution is -2.49.